The van der Waals surface area contributed by atoms with Crippen LogP contribution in [0.4, 0.5) is 11.8 Å². The second-order valence-corrected chi connectivity index (χ2v) is 4.33. The van der Waals surface area contributed by atoms with Crippen molar-refractivity contribution in [3.63, 3.8) is 0 Å². The van der Waals surface area contributed by atoms with Gasteiger partial charge in [0.2, 0.25) is 5.95 Å². The van der Waals surface area contributed by atoms with Crippen LogP contribution in [0, 0.1) is 6.92 Å². The molecule has 1 aromatic rings. The van der Waals surface area contributed by atoms with Gasteiger partial charge in [0.15, 0.2) is 0 Å². The third kappa shape index (κ3) is 3.30. The Morgan fingerprint density at radius 3 is 2.44 bits per heavy atom. The van der Waals surface area contributed by atoms with Gasteiger partial charge >= 0.3 is 0 Å². The molecule has 0 radical (unpaired) electrons. The fourth-order valence-electron chi connectivity index (χ4n) is 1.50. The van der Waals surface area contributed by atoms with E-state index in [-0.39, 0.29) is 13.2 Å². The Labute approximate surface area is 107 Å². The van der Waals surface area contributed by atoms with Crippen LogP contribution < -0.4 is 10.6 Å². The van der Waals surface area contributed by atoms with Gasteiger partial charge in [-0.2, -0.15) is 4.98 Å². The van der Waals surface area contributed by atoms with Crippen LogP contribution in [0.1, 0.15) is 25.8 Å². The molecule has 0 spiro atoms. The van der Waals surface area contributed by atoms with Crippen molar-refractivity contribution in [2.45, 2.75) is 32.7 Å². The zero-order chi connectivity index (χ0) is 13.6. The normalized spacial score (nSPS) is 11.4. The summed E-state index contributed by atoms with van der Waals surface area (Å²) in [4.78, 5) is 8.48. The molecule has 0 unspecified atom stereocenters. The highest BCUT2D eigenvalue weighted by Gasteiger charge is 2.27. The van der Waals surface area contributed by atoms with Gasteiger partial charge in [-0.1, -0.05) is 6.92 Å². The zero-order valence-corrected chi connectivity index (χ0v) is 11.2. The minimum absolute atomic E-state index is 0.153. The summed E-state index contributed by atoms with van der Waals surface area (Å²) in [6.07, 6.45) is 2.31. The van der Waals surface area contributed by atoms with Crippen molar-refractivity contribution in [3.8, 4) is 0 Å². The molecule has 4 N–H and O–H groups in total. The van der Waals surface area contributed by atoms with Crippen LogP contribution in [-0.2, 0) is 0 Å². The molecule has 1 rings (SSSR count). The van der Waals surface area contributed by atoms with Crippen molar-refractivity contribution >= 4 is 11.8 Å². The minimum Gasteiger partial charge on any atom is -0.394 e. The summed E-state index contributed by atoms with van der Waals surface area (Å²) in [5.41, 5.74) is 0.124. The lowest BCUT2D eigenvalue weighted by atomic mass is 9.98. The van der Waals surface area contributed by atoms with Crippen molar-refractivity contribution in [2.75, 3.05) is 30.4 Å². The number of hydrogen-bond donors (Lipinski definition) is 4. The maximum absolute atomic E-state index is 9.42. The number of nitrogens with zero attached hydrogens (tertiary/aromatic N) is 2. The van der Waals surface area contributed by atoms with Crippen LogP contribution >= 0.6 is 0 Å². The lowest BCUT2D eigenvalue weighted by Crippen LogP contribution is -2.45. The van der Waals surface area contributed by atoms with Crippen LogP contribution in [0.25, 0.3) is 0 Å². The van der Waals surface area contributed by atoms with E-state index >= 15 is 0 Å². The molecule has 0 aliphatic carbocycles. The molecule has 0 aliphatic heterocycles. The Morgan fingerprint density at radius 1 is 1.28 bits per heavy atom. The first-order valence-corrected chi connectivity index (χ1v) is 6.18. The summed E-state index contributed by atoms with van der Waals surface area (Å²) in [5.74, 6) is 1.16. The molecule has 0 amide bonds. The number of aromatic nitrogens is 2. The Balaban J connectivity index is 2.97. The molecule has 0 saturated carbocycles. The molecule has 0 bridgehead atoms. The predicted molar refractivity (Wildman–Crippen MR) is 71.7 cm³/mol. The molecule has 0 aliphatic rings. The van der Waals surface area contributed by atoms with Gasteiger partial charge in [-0.25, -0.2) is 4.98 Å². The maximum Gasteiger partial charge on any atom is 0.224 e. The standard InChI is InChI=1S/C12H22N4O2/c1-4-12(7-17,8-18)16-10-9(3)6-14-11(15-10)13-5-2/h6,17-18H,4-5,7-8H2,1-3H3,(H2,13,14,15,16). The van der Waals surface area contributed by atoms with Crippen LogP contribution in [0.3, 0.4) is 0 Å². The highest BCUT2D eigenvalue weighted by molar-refractivity contribution is 5.48. The first kappa shape index (κ1) is 14.7. The van der Waals surface area contributed by atoms with E-state index in [1.165, 1.54) is 0 Å². The Bertz CT molecular complexity index is 372. The number of rotatable bonds is 7. The molecule has 18 heavy (non-hydrogen) atoms. The van der Waals surface area contributed by atoms with E-state index in [4.69, 9.17) is 0 Å². The van der Waals surface area contributed by atoms with E-state index in [1.54, 1.807) is 6.20 Å². The topological polar surface area (TPSA) is 90.3 Å². The fraction of sp³-hybridized carbons (Fsp3) is 0.667. The monoisotopic (exact) mass is 254 g/mol. The Kier molecular flexibility index (Phi) is 5.30. The van der Waals surface area contributed by atoms with Gasteiger partial charge in [0.25, 0.3) is 0 Å². The summed E-state index contributed by atoms with van der Waals surface area (Å²) in [6.45, 7) is 6.18. The Morgan fingerprint density at radius 2 is 1.94 bits per heavy atom. The first-order valence-electron chi connectivity index (χ1n) is 6.18. The second-order valence-electron chi connectivity index (χ2n) is 4.33. The van der Waals surface area contributed by atoms with Gasteiger partial charge < -0.3 is 20.8 Å². The molecule has 102 valence electrons. The van der Waals surface area contributed by atoms with E-state index < -0.39 is 5.54 Å². The highest BCUT2D eigenvalue weighted by atomic mass is 16.3. The smallest absolute Gasteiger partial charge is 0.224 e. The van der Waals surface area contributed by atoms with Gasteiger partial charge in [-0.3, -0.25) is 0 Å². The fourth-order valence-corrected chi connectivity index (χ4v) is 1.50. The van der Waals surface area contributed by atoms with Crippen LogP contribution in [0.5, 0.6) is 0 Å². The van der Waals surface area contributed by atoms with E-state index in [2.05, 4.69) is 20.6 Å². The zero-order valence-electron chi connectivity index (χ0n) is 11.2. The summed E-state index contributed by atoms with van der Waals surface area (Å²) in [5, 5.41) is 25.0. The molecule has 0 aromatic carbocycles. The van der Waals surface area contributed by atoms with Gasteiger partial charge in [0.1, 0.15) is 5.82 Å². The van der Waals surface area contributed by atoms with Gasteiger partial charge in [0, 0.05) is 18.3 Å². The molecule has 0 saturated heterocycles. The number of anilines is 2. The average Bonchev–Trinajstić information content (AvgIpc) is 2.40. The molecule has 1 heterocycles. The third-order valence-corrected chi connectivity index (χ3v) is 2.97. The quantitative estimate of drug-likeness (QED) is 0.574. The average molecular weight is 254 g/mol. The van der Waals surface area contributed by atoms with Crippen LogP contribution in [-0.4, -0.2) is 45.5 Å². The summed E-state index contributed by atoms with van der Waals surface area (Å²) in [6, 6.07) is 0. The van der Waals surface area contributed by atoms with E-state index in [1.807, 2.05) is 20.8 Å². The molecule has 0 fully saturated rings. The van der Waals surface area contributed by atoms with E-state index in [0.29, 0.717) is 18.2 Å². The second kappa shape index (κ2) is 6.51. The number of aliphatic hydroxyl groups is 2. The number of nitrogens with one attached hydrogen (secondary N) is 2. The molecule has 1 aromatic heterocycles. The van der Waals surface area contributed by atoms with Crippen LogP contribution in [0.15, 0.2) is 6.20 Å². The number of aliphatic hydroxyl groups excluding tert-OH is 2. The SMILES string of the molecule is CCNc1ncc(C)c(NC(CC)(CO)CO)n1. The summed E-state index contributed by atoms with van der Waals surface area (Å²) < 4.78 is 0. The van der Waals surface area contributed by atoms with E-state index in [9.17, 15) is 10.2 Å². The largest absolute Gasteiger partial charge is 0.394 e. The van der Waals surface area contributed by atoms with Crippen molar-refractivity contribution < 1.29 is 10.2 Å². The first-order chi connectivity index (χ1) is 8.60. The van der Waals surface area contributed by atoms with Crippen molar-refractivity contribution in [2.24, 2.45) is 0 Å². The third-order valence-electron chi connectivity index (χ3n) is 2.97. The molecule has 6 heteroatoms. The van der Waals surface area contributed by atoms with Crippen molar-refractivity contribution in [1.82, 2.24) is 9.97 Å². The predicted octanol–water partition coefficient (Wildman–Crippen LogP) is 0.762. The molecule has 0 atom stereocenters. The number of hydrogen-bond acceptors (Lipinski definition) is 6. The highest BCUT2D eigenvalue weighted by Crippen LogP contribution is 2.20. The van der Waals surface area contributed by atoms with Crippen molar-refractivity contribution in [1.29, 1.82) is 0 Å². The summed E-state index contributed by atoms with van der Waals surface area (Å²) >= 11 is 0. The summed E-state index contributed by atoms with van der Waals surface area (Å²) in [7, 11) is 0. The lowest BCUT2D eigenvalue weighted by molar-refractivity contribution is 0.132. The van der Waals surface area contributed by atoms with Gasteiger partial charge in [0.05, 0.1) is 18.8 Å². The van der Waals surface area contributed by atoms with E-state index in [0.717, 1.165) is 12.1 Å². The molecular formula is C12H22N4O2. The maximum atomic E-state index is 9.42. The molecular weight excluding hydrogens is 232 g/mol. The Hall–Kier alpha value is -1.40. The van der Waals surface area contributed by atoms with Crippen LogP contribution in [0.2, 0.25) is 0 Å². The number of aryl methyl sites for hydroxylation is 1. The van der Waals surface area contributed by atoms with Gasteiger partial charge in [-0.05, 0) is 20.3 Å². The molecule has 6 nitrogen and oxygen atoms in total. The minimum atomic E-state index is -0.747. The lowest BCUT2D eigenvalue weighted by Gasteiger charge is -2.30. The van der Waals surface area contributed by atoms with Gasteiger partial charge in [-0.15, -0.1) is 0 Å². The van der Waals surface area contributed by atoms with Crippen molar-refractivity contribution in [3.05, 3.63) is 11.8 Å².